The van der Waals surface area contributed by atoms with E-state index in [1.165, 1.54) is 6.34 Å². The average Bonchev–Trinajstić information content (AvgIpc) is 2.84. The van der Waals surface area contributed by atoms with Gasteiger partial charge >= 0.3 is 0 Å². The molecule has 0 saturated heterocycles. The first-order valence-corrected chi connectivity index (χ1v) is 5.88. The lowest BCUT2D eigenvalue weighted by molar-refractivity contribution is 0.245. The van der Waals surface area contributed by atoms with Gasteiger partial charge in [0.1, 0.15) is 29.1 Å². The van der Waals surface area contributed by atoms with E-state index < -0.39 is 6.10 Å². The number of aliphatic imine (C=N–C) groups is 3. The molecule has 0 aliphatic carbocycles. The number of thiocarbonyl (C=S) groups is 1. The highest BCUT2D eigenvalue weighted by atomic mass is 32.1. The molecular formula is C12H10N4OS. The van der Waals surface area contributed by atoms with Gasteiger partial charge in [0.15, 0.2) is 6.04 Å². The van der Waals surface area contributed by atoms with Gasteiger partial charge in [-0.3, -0.25) is 4.99 Å². The monoisotopic (exact) mass is 258 g/mol. The van der Waals surface area contributed by atoms with Crippen molar-refractivity contribution in [1.29, 1.82) is 0 Å². The van der Waals surface area contributed by atoms with Gasteiger partial charge in [0.2, 0.25) is 0 Å². The number of amidine groups is 2. The SMILES string of the molecule is OC(C1=NC2C(=S)N=CN=C2N1)c1ccccc1. The molecule has 2 unspecified atom stereocenters. The highest BCUT2D eigenvalue weighted by molar-refractivity contribution is 7.80. The molecular weight excluding hydrogens is 248 g/mol. The van der Waals surface area contributed by atoms with E-state index in [2.05, 4.69) is 20.3 Å². The normalized spacial score (nSPS) is 22.9. The van der Waals surface area contributed by atoms with Crippen LogP contribution in [-0.2, 0) is 0 Å². The molecule has 2 atom stereocenters. The summed E-state index contributed by atoms with van der Waals surface area (Å²) in [5.74, 6) is 1.08. The van der Waals surface area contributed by atoms with E-state index >= 15 is 0 Å². The van der Waals surface area contributed by atoms with Crippen molar-refractivity contribution in [3.05, 3.63) is 35.9 Å². The third kappa shape index (κ3) is 1.85. The highest BCUT2D eigenvalue weighted by Gasteiger charge is 2.32. The number of fused-ring (bicyclic) bond motifs is 1. The van der Waals surface area contributed by atoms with E-state index in [1.54, 1.807) is 0 Å². The molecule has 0 fully saturated rings. The Labute approximate surface area is 109 Å². The topological polar surface area (TPSA) is 69.3 Å². The minimum atomic E-state index is -0.803. The van der Waals surface area contributed by atoms with Crippen molar-refractivity contribution in [1.82, 2.24) is 5.32 Å². The molecule has 0 amide bonds. The van der Waals surface area contributed by atoms with E-state index in [0.29, 0.717) is 16.7 Å². The predicted octanol–water partition coefficient (Wildman–Crippen LogP) is 0.858. The Morgan fingerprint density at radius 1 is 1.28 bits per heavy atom. The summed E-state index contributed by atoms with van der Waals surface area (Å²) in [6, 6.07) is 8.95. The van der Waals surface area contributed by atoms with E-state index in [4.69, 9.17) is 12.2 Å². The number of aliphatic hydroxyl groups is 1. The van der Waals surface area contributed by atoms with Crippen LogP contribution in [0.1, 0.15) is 11.7 Å². The van der Waals surface area contributed by atoms with Crippen LogP contribution >= 0.6 is 12.2 Å². The van der Waals surface area contributed by atoms with Gasteiger partial charge in [-0.1, -0.05) is 42.5 Å². The molecule has 0 radical (unpaired) electrons. The van der Waals surface area contributed by atoms with Crippen molar-refractivity contribution in [2.45, 2.75) is 12.1 Å². The predicted molar refractivity (Wildman–Crippen MR) is 74.3 cm³/mol. The summed E-state index contributed by atoms with van der Waals surface area (Å²) in [4.78, 5) is 12.8. The quantitative estimate of drug-likeness (QED) is 0.773. The van der Waals surface area contributed by atoms with Crippen LogP contribution in [0.25, 0.3) is 0 Å². The van der Waals surface area contributed by atoms with Crippen LogP contribution in [0, 0.1) is 0 Å². The van der Waals surface area contributed by atoms with E-state index in [-0.39, 0.29) is 6.04 Å². The van der Waals surface area contributed by atoms with Gasteiger partial charge in [-0.25, -0.2) is 9.98 Å². The summed E-state index contributed by atoms with van der Waals surface area (Å²) >= 11 is 5.09. The maximum absolute atomic E-state index is 10.2. The van der Waals surface area contributed by atoms with Crippen LogP contribution in [0.15, 0.2) is 45.3 Å². The number of rotatable bonds is 2. The summed E-state index contributed by atoms with van der Waals surface area (Å²) in [5, 5.41) is 13.2. The lowest BCUT2D eigenvalue weighted by Gasteiger charge is -2.11. The maximum Gasteiger partial charge on any atom is 0.162 e. The van der Waals surface area contributed by atoms with E-state index in [1.807, 2.05) is 30.3 Å². The molecule has 1 aromatic rings. The fourth-order valence-electron chi connectivity index (χ4n) is 1.86. The van der Waals surface area contributed by atoms with Crippen molar-refractivity contribution in [2.75, 3.05) is 0 Å². The molecule has 0 spiro atoms. The molecule has 6 heteroatoms. The Kier molecular flexibility index (Phi) is 2.73. The number of nitrogens with one attached hydrogen (secondary N) is 1. The summed E-state index contributed by atoms with van der Waals surface area (Å²) in [6.45, 7) is 0. The average molecular weight is 258 g/mol. The van der Waals surface area contributed by atoms with Gasteiger partial charge in [-0.15, -0.1) is 0 Å². The Bertz CT molecular complexity index is 579. The molecule has 0 aromatic heterocycles. The number of aliphatic hydroxyl groups excluding tert-OH is 1. The minimum Gasteiger partial charge on any atom is -0.380 e. The van der Waals surface area contributed by atoms with Gasteiger partial charge in [0.05, 0.1) is 0 Å². The maximum atomic E-state index is 10.2. The van der Waals surface area contributed by atoms with Crippen molar-refractivity contribution in [2.24, 2.45) is 15.0 Å². The molecule has 5 nitrogen and oxygen atoms in total. The molecule has 2 heterocycles. The Morgan fingerprint density at radius 3 is 2.78 bits per heavy atom. The van der Waals surface area contributed by atoms with Gasteiger partial charge in [0, 0.05) is 0 Å². The van der Waals surface area contributed by atoms with Crippen LogP contribution in [-0.4, -0.2) is 34.1 Å². The van der Waals surface area contributed by atoms with Crippen molar-refractivity contribution in [3.63, 3.8) is 0 Å². The molecule has 0 bridgehead atoms. The molecule has 3 rings (SSSR count). The lowest BCUT2D eigenvalue weighted by Crippen LogP contribution is -2.36. The second-order valence-electron chi connectivity index (χ2n) is 3.95. The van der Waals surface area contributed by atoms with Gasteiger partial charge in [-0.2, -0.15) is 0 Å². The van der Waals surface area contributed by atoms with Crippen LogP contribution in [0.3, 0.4) is 0 Å². The molecule has 90 valence electrons. The fourth-order valence-corrected chi connectivity index (χ4v) is 2.07. The number of hydrogen-bond acceptors (Lipinski definition) is 5. The summed E-state index contributed by atoms with van der Waals surface area (Å²) in [6.07, 6.45) is 0.594. The number of nitrogens with zero attached hydrogens (tertiary/aromatic N) is 3. The molecule has 0 saturated carbocycles. The first kappa shape index (κ1) is 11.2. The lowest BCUT2D eigenvalue weighted by atomic mass is 10.1. The Hall–Kier alpha value is -1.92. The van der Waals surface area contributed by atoms with Crippen molar-refractivity contribution < 1.29 is 5.11 Å². The second-order valence-corrected chi connectivity index (χ2v) is 4.37. The van der Waals surface area contributed by atoms with E-state index in [0.717, 1.165) is 5.56 Å². The minimum absolute atomic E-state index is 0.363. The van der Waals surface area contributed by atoms with Gasteiger partial charge in [0.25, 0.3) is 0 Å². The van der Waals surface area contributed by atoms with Gasteiger partial charge in [-0.05, 0) is 5.56 Å². The Morgan fingerprint density at radius 2 is 2.06 bits per heavy atom. The zero-order valence-corrected chi connectivity index (χ0v) is 10.1. The van der Waals surface area contributed by atoms with Crippen LogP contribution in [0.2, 0.25) is 0 Å². The number of benzene rings is 1. The van der Waals surface area contributed by atoms with E-state index in [9.17, 15) is 5.11 Å². The van der Waals surface area contributed by atoms with Crippen LogP contribution in [0.4, 0.5) is 0 Å². The molecule has 18 heavy (non-hydrogen) atoms. The third-order valence-corrected chi connectivity index (χ3v) is 3.10. The van der Waals surface area contributed by atoms with Crippen LogP contribution < -0.4 is 5.32 Å². The molecule has 2 aliphatic heterocycles. The smallest absolute Gasteiger partial charge is 0.162 e. The van der Waals surface area contributed by atoms with Crippen molar-refractivity contribution in [3.8, 4) is 0 Å². The standard InChI is InChI=1S/C12H10N4OS/c17-9(7-4-2-1-3-5-7)11-15-8-10(16-11)13-6-14-12(8)18/h1-6,8-9,17H,(H,13,14,15,16,18). The highest BCUT2D eigenvalue weighted by Crippen LogP contribution is 2.18. The third-order valence-electron chi connectivity index (χ3n) is 2.77. The second kappa shape index (κ2) is 4.40. The molecule has 2 aliphatic rings. The number of hydrogen-bond donors (Lipinski definition) is 2. The Balaban J connectivity index is 1.88. The van der Waals surface area contributed by atoms with Gasteiger partial charge < -0.3 is 10.4 Å². The first-order chi connectivity index (χ1) is 8.75. The summed E-state index contributed by atoms with van der Waals surface area (Å²) in [5.41, 5.74) is 0.773. The summed E-state index contributed by atoms with van der Waals surface area (Å²) < 4.78 is 0. The van der Waals surface area contributed by atoms with Crippen LogP contribution in [0.5, 0.6) is 0 Å². The first-order valence-electron chi connectivity index (χ1n) is 5.47. The van der Waals surface area contributed by atoms with Crippen molar-refractivity contribution >= 4 is 35.2 Å². The largest absolute Gasteiger partial charge is 0.380 e. The zero-order valence-electron chi connectivity index (χ0n) is 9.32. The zero-order chi connectivity index (χ0) is 12.5. The molecule has 2 N–H and O–H groups in total. The summed E-state index contributed by atoms with van der Waals surface area (Å²) in [7, 11) is 0. The fraction of sp³-hybridized carbons (Fsp3) is 0.167. The molecule has 1 aromatic carbocycles.